The van der Waals surface area contributed by atoms with Crippen LogP contribution in [0.25, 0.3) is 10.6 Å². The number of aromatic nitrogens is 1. The fraction of sp³-hybridized carbons (Fsp3) is 0.286. The number of halogens is 1. The number of methoxy groups -OCH3 is 1. The first-order chi connectivity index (χ1) is 13.2. The van der Waals surface area contributed by atoms with Crippen molar-refractivity contribution in [3.05, 3.63) is 65.4 Å². The van der Waals surface area contributed by atoms with Crippen molar-refractivity contribution in [2.45, 2.75) is 6.54 Å². The highest BCUT2D eigenvalue weighted by atomic mass is 32.1. The summed E-state index contributed by atoms with van der Waals surface area (Å²) >= 11 is 1.61. The second kappa shape index (κ2) is 8.06. The van der Waals surface area contributed by atoms with Crippen molar-refractivity contribution in [3.63, 3.8) is 0 Å². The van der Waals surface area contributed by atoms with Crippen LogP contribution in [0.15, 0.2) is 53.9 Å². The maximum absolute atomic E-state index is 13.1. The second-order valence-corrected chi connectivity index (χ2v) is 7.44. The normalized spacial score (nSPS) is 15.1. The van der Waals surface area contributed by atoms with Gasteiger partial charge in [-0.3, -0.25) is 4.90 Å². The average Bonchev–Trinajstić information content (AvgIpc) is 3.17. The Balaban J connectivity index is 1.36. The van der Waals surface area contributed by atoms with E-state index in [1.54, 1.807) is 30.6 Å². The van der Waals surface area contributed by atoms with Gasteiger partial charge in [-0.1, -0.05) is 12.1 Å². The number of rotatable bonds is 5. The Kier molecular flexibility index (Phi) is 5.36. The molecule has 4 rings (SSSR count). The molecule has 0 aliphatic carbocycles. The van der Waals surface area contributed by atoms with Crippen LogP contribution in [0.5, 0.6) is 5.75 Å². The molecule has 6 heteroatoms. The van der Waals surface area contributed by atoms with E-state index in [-0.39, 0.29) is 5.82 Å². The van der Waals surface area contributed by atoms with E-state index in [0.29, 0.717) is 0 Å². The van der Waals surface area contributed by atoms with Gasteiger partial charge in [-0.05, 0) is 36.4 Å². The van der Waals surface area contributed by atoms with Gasteiger partial charge in [-0.15, -0.1) is 11.3 Å². The maximum Gasteiger partial charge on any atom is 0.142 e. The van der Waals surface area contributed by atoms with E-state index in [0.717, 1.165) is 60.4 Å². The number of piperazine rings is 1. The van der Waals surface area contributed by atoms with Crippen molar-refractivity contribution in [1.29, 1.82) is 0 Å². The number of benzene rings is 2. The summed E-state index contributed by atoms with van der Waals surface area (Å²) < 4.78 is 18.6. The minimum atomic E-state index is -0.219. The lowest BCUT2D eigenvalue weighted by Gasteiger charge is -2.36. The number of ether oxygens (including phenoxy) is 1. The molecule has 2 heterocycles. The lowest BCUT2D eigenvalue weighted by Crippen LogP contribution is -2.46. The van der Waals surface area contributed by atoms with E-state index in [2.05, 4.69) is 27.3 Å². The summed E-state index contributed by atoms with van der Waals surface area (Å²) in [6.45, 7) is 4.75. The zero-order valence-electron chi connectivity index (χ0n) is 15.3. The van der Waals surface area contributed by atoms with Crippen LogP contribution in [0.2, 0.25) is 0 Å². The van der Waals surface area contributed by atoms with E-state index in [1.807, 2.05) is 12.1 Å². The number of thiazole rings is 1. The van der Waals surface area contributed by atoms with Gasteiger partial charge in [-0.25, -0.2) is 9.37 Å². The van der Waals surface area contributed by atoms with Gasteiger partial charge < -0.3 is 9.64 Å². The molecule has 1 saturated heterocycles. The first kappa shape index (κ1) is 17.9. The third-order valence-corrected chi connectivity index (χ3v) is 5.77. The predicted octanol–water partition coefficient (Wildman–Crippen LogP) is 4.28. The molecule has 0 bridgehead atoms. The molecule has 1 aromatic heterocycles. The largest absolute Gasteiger partial charge is 0.495 e. The molecule has 3 aromatic rings. The van der Waals surface area contributed by atoms with E-state index in [4.69, 9.17) is 9.72 Å². The minimum absolute atomic E-state index is 0.219. The molecule has 27 heavy (non-hydrogen) atoms. The molecule has 0 amide bonds. The average molecular weight is 383 g/mol. The molecule has 0 atom stereocenters. The number of anilines is 1. The number of hydrogen-bond acceptors (Lipinski definition) is 5. The predicted molar refractivity (Wildman–Crippen MR) is 108 cm³/mol. The van der Waals surface area contributed by atoms with Gasteiger partial charge in [0, 0.05) is 43.7 Å². The van der Waals surface area contributed by atoms with Crippen LogP contribution in [0.3, 0.4) is 0 Å². The monoisotopic (exact) mass is 383 g/mol. The Morgan fingerprint density at radius 1 is 1.04 bits per heavy atom. The zero-order valence-corrected chi connectivity index (χ0v) is 16.1. The first-order valence-electron chi connectivity index (χ1n) is 9.03. The van der Waals surface area contributed by atoms with E-state index < -0.39 is 0 Å². The third kappa shape index (κ3) is 4.12. The van der Waals surface area contributed by atoms with E-state index in [9.17, 15) is 4.39 Å². The van der Waals surface area contributed by atoms with Gasteiger partial charge in [0.15, 0.2) is 0 Å². The Labute approximate surface area is 162 Å². The Bertz CT molecular complexity index is 888. The SMILES string of the molecule is COc1ccccc1N1CCN(Cc2csc(-c3ccc(F)cc3)n2)CC1. The summed E-state index contributed by atoms with van der Waals surface area (Å²) in [4.78, 5) is 9.53. The standard InChI is InChI=1S/C21H22FN3OS/c1-26-20-5-3-2-4-19(20)25-12-10-24(11-13-25)14-18-15-27-21(23-18)16-6-8-17(22)9-7-16/h2-9,15H,10-14H2,1H3. The van der Waals surface area contributed by atoms with Crippen molar-refractivity contribution in [3.8, 4) is 16.3 Å². The number of nitrogens with zero attached hydrogens (tertiary/aromatic N) is 3. The van der Waals surface area contributed by atoms with Crippen molar-refractivity contribution in [2.75, 3.05) is 38.2 Å². The van der Waals surface area contributed by atoms with Crippen LogP contribution in [0.1, 0.15) is 5.69 Å². The molecule has 140 valence electrons. The van der Waals surface area contributed by atoms with E-state index in [1.165, 1.54) is 12.1 Å². The molecule has 1 aliphatic heterocycles. The molecule has 1 aliphatic rings. The van der Waals surface area contributed by atoms with Crippen molar-refractivity contribution in [1.82, 2.24) is 9.88 Å². The van der Waals surface area contributed by atoms with Gasteiger partial charge >= 0.3 is 0 Å². The lowest BCUT2D eigenvalue weighted by atomic mass is 10.2. The van der Waals surface area contributed by atoms with Gasteiger partial charge in [0.1, 0.15) is 16.6 Å². The van der Waals surface area contributed by atoms with Gasteiger partial charge in [0.2, 0.25) is 0 Å². The first-order valence-corrected chi connectivity index (χ1v) is 9.91. The van der Waals surface area contributed by atoms with Crippen LogP contribution in [-0.4, -0.2) is 43.2 Å². The molecule has 2 aromatic carbocycles. The van der Waals surface area contributed by atoms with Gasteiger partial charge in [0.05, 0.1) is 18.5 Å². The molecular weight excluding hydrogens is 361 g/mol. The van der Waals surface area contributed by atoms with Crippen molar-refractivity contribution >= 4 is 17.0 Å². The minimum Gasteiger partial charge on any atom is -0.495 e. The van der Waals surface area contributed by atoms with Crippen LogP contribution >= 0.6 is 11.3 Å². The smallest absolute Gasteiger partial charge is 0.142 e. The highest BCUT2D eigenvalue weighted by Gasteiger charge is 2.20. The molecule has 1 fully saturated rings. The third-order valence-electron chi connectivity index (χ3n) is 4.83. The summed E-state index contributed by atoms with van der Waals surface area (Å²) in [6, 6.07) is 14.7. The Morgan fingerprint density at radius 3 is 2.52 bits per heavy atom. The van der Waals surface area contributed by atoms with Crippen molar-refractivity contribution in [2.24, 2.45) is 0 Å². The summed E-state index contributed by atoms with van der Waals surface area (Å²) in [5.41, 5.74) is 3.20. The molecule has 0 saturated carbocycles. The maximum atomic E-state index is 13.1. The summed E-state index contributed by atoms with van der Waals surface area (Å²) in [6.07, 6.45) is 0. The highest BCUT2D eigenvalue weighted by Crippen LogP contribution is 2.29. The van der Waals surface area contributed by atoms with Crippen LogP contribution in [0.4, 0.5) is 10.1 Å². The van der Waals surface area contributed by atoms with Crippen LogP contribution in [0, 0.1) is 5.82 Å². The summed E-state index contributed by atoms with van der Waals surface area (Å²) in [7, 11) is 1.72. The fourth-order valence-electron chi connectivity index (χ4n) is 3.37. The Hall–Kier alpha value is -2.44. The molecule has 0 spiro atoms. The van der Waals surface area contributed by atoms with E-state index >= 15 is 0 Å². The quantitative estimate of drug-likeness (QED) is 0.658. The Morgan fingerprint density at radius 2 is 1.78 bits per heavy atom. The fourth-order valence-corrected chi connectivity index (χ4v) is 4.19. The van der Waals surface area contributed by atoms with Gasteiger partial charge in [-0.2, -0.15) is 0 Å². The molecule has 4 nitrogen and oxygen atoms in total. The molecular formula is C21H22FN3OS. The molecule has 0 radical (unpaired) electrons. The van der Waals surface area contributed by atoms with Crippen molar-refractivity contribution < 1.29 is 9.13 Å². The summed E-state index contributed by atoms with van der Waals surface area (Å²) in [5, 5.41) is 3.04. The number of para-hydroxylation sites is 2. The molecule has 0 unspecified atom stereocenters. The zero-order chi connectivity index (χ0) is 18.6. The molecule has 0 N–H and O–H groups in total. The topological polar surface area (TPSA) is 28.6 Å². The lowest BCUT2D eigenvalue weighted by molar-refractivity contribution is 0.247. The van der Waals surface area contributed by atoms with Gasteiger partial charge in [0.25, 0.3) is 0 Å². The number of hydrogen-bond donors (Lipinski definition) is 0. The van der Waals surface area contributed by atoms with Crippen LogP contribution in [-0.2, 0) is 6.54 Å². The second-order valence-electron chi connectivity index (χ2n) is 6.59. The highest BCUT2D eigenvalue weighted by molar-refractivity contribution is 7.13. The van der Waals surface area contributed by atoms with Crippen LogP contribution < -0.4 is 9.64 Å². The summed E-state index contributed by atoms with van der Waals surface area (Å²) in [5.74, 6) is 0.706.